The highest BCUT2D eigenvalue weighted by Gasteiger charge is 1.98. The van der Waals surface area contributed by atoms with E-state index in [1.54, 1.807) is 20.8 Å². The predicted octanol–water partition coefficient (Wildman–Crippen LogP) is -3.60. The molecule has 0 aromatic heterocycles. The minimum atomic E-state index is 1.19. The van der Waals surface area contributed by atoms with Crippen LogP contribution >= 0.6 is 0 Å². The van der Waals surface area contributed by atoms with Crippen molar-refractivity contribution in [3.8, 4) is 0 Å². The molecule has 0 bridgehead atoms. The van der Waals surface area contributed by atoms with Crippen molar-refractivity contribution in [3.63, 3.8) is 0 Å². The lowest BCUT2D eigenvalue weighted by atomic mass is 10.2. The van der Waals surface area contributed by atoms with Crippen LogP contribution in [-0.2, 0) is 0 Å². The lowest BCUT2D eigenvalue weighted by molar-refractivity contribution is 1.71. The average molecular weight is 225 g/mol. The second kappa shape index (κ2) is 4.17. The lowest BCUT2D eigenvalue weighted by Crippen LogP contribution is -2.10. The molecule has 0 heterocycles. The average Bonchev–Trinajstić information content (AvgIpc) is 2.04. The Morgan fingerprint density at radius 2 is 1.58 bits per heavy atom. The molecule has 0 aliphatic heterocycles. The molecule has 0 N–H and O–H groups in total. The third-order valence-electron chi connectivity index (χ3n) is 2.30. The van der Waals surface area contributed by atoms with Gasteiger partial charge in [-0.2, -0.15) is 0 Å². The van der Waals surface area contributed by atoms with Gasteiger partial charge in [0.25, 0.3) is 0 Å². The summed E-state index contributed by atoms with van der Waals surface area (Å²) in [5.74, 6) is 0. The second-order valence-corrected chi connectivity index (χ2v) is 10.5. The minimum absolute atomic E-state index is 1.19. The fraction of sp³-hybridized carbons (Fsp3) is 0. The zero-order valence-corrected chi connectivity index (χ0v) is 16.3. The fourth-order valence-corrected chi connectivity index (χ4v) is 3.60. The first-order chi connectivity index (χ1) is 5.63. The van der Waals surface area contributed by atoms with Crippen LogP contribution in [0.15, 0.2) is 29.1 Å². The summed E-state index contributed by atoms with van der Waals surface area (Å²) in [7, 11) is 4.97. The standard InChI is InChI=1S/C8H16Si4/c9-6-4-2-1-3-5(6)7(10)8(11)12/h1-4H,9-12H3. The zero-order chi connectivity index (χ0) is 9.14. The van der Waals surface area contributed by atoms with Gasteiger partial charge in [-0.05, 0) is 5.56 Å². The van der Waals surface area contributed by atoms with E-state index in [0.717, 1.165) is 0 Å². The molecule has 0 saturated heterocycles. The van der Waals surface area contributed by atoms with Crippen LogP contribution in [0.3, 0.4) is 0 Å². The summed E-state index contributed by atoms with van der Waals surface area (Å²) in [4.78, 5) is 1.75. The smallest absolute Gasteiger partial charge is 0.0392 e. The molecular formula is C8H16Si4. The summed E-state index contributed by atoms with van der Waals surface area (Å²) in [5.41, 5.74) is 1.57. The Hall–Kier alpha value is -0.172. The molecule has 1 rings (SSSR count). The Kier molecular flexibility index (Phi) is 3.45. The molecule has 0 spiro atoms. The van der Waals surface area contributed by atoms with E-state index >= 15 is 0 Å². The van der Waals surface area contributed by atoms with Crippen molar-refractivity contribution >= 4 is 51.4 Å². The highest BCUT2D eigenvalue weighted by atomic mass is 28.2. The molecule has 0 fully saturated rings. The van der Waals surface area contributed by atoms with Crippen LogP contribution in [0.25, 0.3) is 5.20 Å². The molecular weight excluding hydrogens is 208 g/mol. The van der Waals surface area contributed by atoms with E-state index in [1.165, 1.54) is 41.0 Å². The van der Waals surface area contributed by atoms with Gasteiger partial charge in [-0.3, -0.25) is 0 Å². The molecule has 0 saturated carbocycles. The minimum Gasteiger partial charge on any atom is -0.112 e. The molecule has 0 amide bonds. The third-order valence-corrected chi connectivity index (χ3v) is 8.21. The third kappa shape index (κ3) is 2.16. The van der Waals surface area contributed by atoms with Crippen LogP contribution in [0.1, 0.15) is 5.56 Å². The van der Waals surface area contributed by atoms with Crippen LogP contribution in [0.4, 0.5) is 0 Å². The monoisotopic (exact) mass is 224 g/mol. The first-order valence-corrected chi connectivity index (χ1v) is 8.33. The van der Waals surface area contributed by atoms with Crippen molar-refractivity contribution < 1.29 is 0 Å². The topological polar surface area (TPSA) is 0 Å². The van der Waals surface area contributed by atoms with Crippen LogP contribution in [-0.4, -0.2) is 41.0 Å². The Bertz CT molecular complexity index is 313. The largest absolute Gasteiger partial charge is 0.112 e. The van der Waals surface area contributed by atoms with Crippen LogP contribution < -0.4 is 5.19 Å². The molecule has 0 aliphatic rings. The maximum Gasteiger partial charge on any atom is 0.0392 e. The number of hydrogen-bond donors (Lipinski definition) is 0. The van der Waals surface area contributed by atoms with Crippen molar-refractivity contribution in [1.82, 2.24) is 0 Å². The van der Waals surface area contributed by atoms with Gasteiger partial charge in [-0.15, -0.1) is 4.82 Å². The highest BCUT2D eigenvalue weighted by Crippen LogP contribution is 2.08. The maximum atomic E-state index is 2.29. The summed E-state index contributed by atoms with van der Waals surface area (Å²) in [6.07, 6.45) is 0. The van der Waals surface area contributed by atoms with Gasteiger partial charge in [0, 0.05) is 41.0 Å². The molecule has 64 valence electrons. The zero-order valence-electron chi connectivity index (χ0n) is 8.31. The van der Waals surface area contributed by atoms with E-state index < -0.39 is 0 Å². The van der Waals surface area contributed by atoms with Crippen molar-refractivity contribution in [2.24, 2.45) is 0 Å². The van der Waals surface area contributed by atoms with Gasteiger partial charge < -0.3 is 0 Å². The SMILES string of the molecule is [SiH3]C([SiH3])=C([SiH3])c1ccccc1[SiH3]. The summed E-state index contributed by atoms with van der Waals surface area (Å²) in [6.45, 7) is 0. The molecule has 4 heteroatoms. The van der Waals surface area contributed by atoms with Gasteiger partial charge in [0.1, 0.15) is 0 Å². The molecule has 12 heavy (non-hydrogen) atoms. The van der Waals surface area contributed by atoms with Crippen molar-refractivity contribution in [3.05, 3.63) is 34.6 Å². The summed E-state index contributed by atoms with van der Waals surface area (Å²) < 4.78 is 0. The van der Waals surface area contributed by atoms with E-state index in [2.05, 4.69) is 24.3 Å². The molecule has 1 aromatic carbocycles. The number of benzene rings is 1. The molecule has 0 atom stereocenters. The van der Waals surface area contributed by atoms with Crippen molar-refractivity contribution in [2.75, 3.05) is 0 Å². The maximum absolute atomic E-state index is 2.29. The Balaban J connectivity index is 3.21. The van der Waals surface area contributed by atoms with Crippen LogP contribution in [0, 0.1) is 0 Å². The summed E-state index contributed by atoms with van der Waals surface area (Å²) in [5, 5.41) is 3.27. The lowest BCUT2D eigenvalue weighted by Gasteiger charge is -2.07. The fourth-order valence-electron chi connectivity index (χ4n) is 1.26. The second-order valence-electron chi connectivity index (χ2n) is 3.44. The quantitative estimate of drug-likeness (QED) is 0.433. The van der Waals surface area contributed by atoms with Crippen LogP contribution in [0.5, 0.6) is 0 Å². The molecule has 0 aliphatic carbocycles. The van der Waals surface area contributed by atoms with E-state index in [9.17, 15) is 0 Å². The van der Waals surface area contributed by atoms with Gasteiger partial charge in [-0.25, -0.2) is 0 Å². The van der Waals surface area contributed by atoms with Gasteiger partial charge >= 0.3 is 0 Å². The van der Waals surface area contributed by atoms with Crippen molar-refractivity contribution in [2.45, 2.75) is 0 Å². The number of rotatable bonds is 1. The first-order valence-electron chi connectivity index (χ1n) is 4.33. The van der Waals surface area contributed by atoms with E-state index in [1.807, 2.05) is 0 Å². The van der Waals surface area contributed by atoms with Crippen LogP contribution in [0.2, 0.25) is 0 Å². The highest BCUT2D eigenvalue weighted by molar-refractivity contribution is 6.61. The van der Waals surface area contributed by atoms with E-state index in [-0.39, 0.29) is 0 Å². The van der Waals surface area contributed by atoms with Gasteiger partial charge in [-0.1, -0.05) is 34.6 Å². The van der Waals surface area contributed by atoms with Crippen molar-refractivity contribution in [1.29, 1.82) is 0 Å². The van der Waals surface area contributed by atoms with E-state index in [0.29, 0.717) is 0 Å². The normalized spacial score (nSPS) is 10.7. The predicted molar refractivity (Wildman–Crippen MR) is 72.8 cm³/mol. The summed E-state index contributed by atoms with van der Waals surface area (Å²) >= 11 is 0. The molecule has 0 unspecified atom stereocenters. The Morgan fingerprint density at radius 3 is 2.08 bits per heavy atom. The first kappa shape index (κ1) is 9.91. The van der Waals surface area contributed by atoms with Gasteiger partial charge in [0.15, 0.2) is 0 Å². The van der Waals surface area contributed by atoms with Gasteiger partial charge in [0.05, 0.1) is 0 Å². The van der Waals surface area contributed by atoms with Gasteiger partial charge in [0.2, 0.25) is 0 Å². The molecule has 1 aromatic rings. The Labute approximate surface area is 86.2 Å². The summed E-state index contributed by atoms with van der Waals surface area (Å²) in [6, 6.07) is 8.88. The Morgan fingerprint density at radius 1 is 1.00 bits per heavy atom. The molecule has 0 radical (unpaired) electrons. The number of hydrogen-bond acceptors (Lipinski definition) is 0. The molecule has 0 nitrogen and oxygen atoms in total. The van der Waals surface area contributed by atoms with E-state index in [4.69, 9.17) is 0 Å².